The van der Waals surface area contributed by atoms with Crippen LogP contribution >= 0.6 is 0 Å². The number of ether oxygens (including phenoxy) is 1. The van der Waals surface area contributed by atoms with E-state index in [1.165, 1.54) is 12.8 Å². The number of hydrogen-bond donors (Lipinski definition) is 2. The van der Waals surface area contributed by atoms with Gasteiger partial charge in [0.05, 0.1) is 12.7 Å². The lowest BCUT2D eigenvalue weighted by Gasteiger charge is -2.28. The zero-order valence-electron chi connectivity index (χ0n) is 16.1. The van der Waals surface area contributed by atoms with Crippen LogP contribution in [-0.4, -0.2) is 66.1 Å². The zero-order chi connectivity index (χ0) is 18.1. The normalized spacial score (nSPS) is 13.4. The molecule has 0 rings (SSSR count). The van der Waals surface area contributed by atoms with Crippen LogP contribution in [0.1, 0.15) is 53.4 Å². The highest BCUT2D eigenvalue weighted by Crippen LogP contribution is 2.17. The maximum atomic E-state index is 9.86. The van der Waals surface area contributed by atoms with Gasteiger partial charge in [-0.1, -0.05) is 19.8 Å². The summed E-state index contributed by atoms with van der Waals surface area (Å²) < 4.78 is 22.9. The standard InChI is InChI=1S/C17H39NO5Si/c1-5-9-10-13-20-16-17(19)15-18-12-11-14-24(21-6-2,22-7-3)23-8-4/h17-19H,5-16H2,1-4H3. The average Bonchev–Trinajstić information content (AvgIpc) is 2.55. The molecule has 0 aliphatic heterocycles. The Bertz CT molecular complexity index is 254. The Labute approximate surface area is 149 Å². The molecule has 6 nitrogen and oxygen atoms in total. The highest BCUT2D eigenvalue weighted by molar-refractivity contribution is 6.60. The summed E-state index contributed by atoms with van der Waals surface area (Å²) in [5.74, 6) is 0. The van der Waals surface area contributed by atoms with E-state index >= 15 is 0 Å². The van der Waals surface area contributed by atoms with E-state index in [1.807, 2.05) is 20.8 Å². The number of nitrogens with one attached hydrogen (secondary N) is 1. The fraction of sp³-hybridized carbons (Fsp3) is 1.00. The summed E-state index contributed by atoms with van der Waals surface area (Å²) in [6, 6.07) is 0.791. The number of rotatable bonds is 18. The highest BCUT2D eigenvalue weighted by atomic mass is 28.4. The number of aliphatic hydroxyl groups excluding tert-OH is 1. The van der Waals surface area contributed by atoms with Gasteiger partial charge in [-0.05, 0) is 40.2 Å². The molecule has 24 heavy (non-hydrogen) atoms. The summed E-state index contributed by atoms with van der Waals surface area (Å²) in [5, 5.41) is 13.1. The monoisotopic (exact) mass is 365 g/mol. The molecule has 146 valence electrons. The van der Waals surface area contributed by atoms with Crippen LogP contribution in [0.4, 0.5) is 0 Å². The van der Waals surface area contributed by atoms with Crippen molar-refractivity contribution >= 4 is 8.80 Å². The Morgan fingerprint density at radius 2 is 1.54 bits per heavy atom. The van der Waals surface area contributed by atoms with Crippen molar-refractivity contribution in [1.82, 2.24) is 5.32 Å². The highest BCUT2D eigenvalue weighted by Gasteiger charge is 2.39. The van der Waals surface area contributed by atoms with E-state index in [4.69, 9.17) is 18.0 Å². The molecule has 0 fully saturated rings. The quantitative estimate of drug-likeness (QED) is 0.287. The largest absolute Gasteiger partial charge is 0.500 e. The third-order valence-electron chi connectivity index (χ3n) is 3.51. The second kappa shape index (κ2) is 16.4. The van der Waals surface area contributed by atoms with Gasteiger partial charge in [-0.2, -0.15) is 0 Å². The van der Waals surface area contributed by atoms with Gasteiger partial charge in [0.15, 0.2) is 0 Å². The number of aliphatic hydroxyl groups is 1. The summed E-state index contributed by atoms with van der Waals surface area (Å²) in [6.45, 7) is 12.4. The molecular weight excluding hydrogens is 326 g/mol. The van der Waals surface area contributed by atoms with Gasteiger partial charge in [-0.3, -0.25) is 0 Å². The van der Waals surface area contributed by atoms with Crippen molar-refractivity contribution in [1.29, 1.82) is 0 Å². The van der Waals surface area contributed by atoms with E-state index in [0.29, 0.717) is 33.0 Å². The van der Waals surface area contributed by atoms with Gasteiger partial charge in [-0.15, -0.1) is 0 Å². The van der Waals surface area contributed by atoms with Crippen LogP contribution in [-0.2, 0) is 18.0 Å². The number of hydrogen-bond acceptors (Lipinski definition) is 6. The van der Waals surface area contributed by atoms with Crippen molar-refractivity contribution < 1.29 is 23.1 Å². The predicted molar refractivity (Wildman–Crippen MR) is 99.3 cm³/mol. The smallest absolute Gasteiger partial charge is 0.389 e. The lowest BCUT2D eigenvalue weighted by molar-refractivity contribution is 0.0355. The lowest BCUT2D eigenvalue weighted by atomic mass is 10.3. The molecule has 0 heterocycles. The molecule has 0 saturated heterocycles. The van der Waals surface area contributed by atoms with Gasteiger partial charge >= 0.3 is 8.80 Å². The second-order valence-electron chi connectivity index (χ2n) is 5.73. The molecule has 2 N–H and O–H groups in total. The van der Waals surface area contributed by atoms with E-state index in [0.717, 1.165) is 32.0 Å². The minimum atomic E-state index is -2.53. The summed E-state index contributed by atoms with van der Waals surface area (Å²) in [4.78, 5) is 0. The Balaban J connectivity index is 3.83. The summed E-state index contributed by atoms with van der Waals surface area (Å²) in [7, 11) is -2.53. The third kappa shape index (κ3) is 12.4. The molecule has 0 aliphatic carbocycles. The van der Waals surface area contributed by atoms with Crippen LogP contribution < -0.4 is 5.32 Å². The van der Waals surface area contributed by atoms with Gasteiger partial charge in [0, 0.05) is 39.0 Å². The van der Waals surface area contributed by atoms with E-state index in [-0.39, 0.29) is 0 Å². The maximum absolute atomic E-state index is 9.86. The summed E-state index contributed by atoms with van der Waals surface area (Å²) in [5.41, 5.74) is 0. The first-order chi connectivity index (χ1) is 11.6. The van der Waals surface area contributed by atoms with Gasteiger partial charge in [0.2, 0.25) is 0 Å². The zero-order valence-corrected chi connectivity index (χ0v) is 17.1. The molecule has 1 atom stereocenters. The van der Waals surface area contributed by atoms with Gasteiger partial charge in [-0.25, -0.2) is 0 Å². The van der Waals surface area contributed by atoms with Crippen LogP contribution in [0.3, 0.4) is 0 Å². The third-order valence-corrected chi connectivity index (χ3v) is 6.66. The van der Waals surface area contributed by atoms with E-state index in [9.17, 15) is 5.11 Å². The topological polar surface area (TPSA) is 69.2 Å². The fourth-order valence-electron chi connectivity index (χ4n) is 2.43. The molecule has 0 spiro atoms. The average molecular weight is 366 g/mol. The number of unbranched alkanes of at least 4 members (excludes halogenated alkanes) is 2. The van der Waals surface area contributed by atoms with E-state index < -0.39 is 14.9 Å². The van der Waals surface area contributed by atoms with Crippen molar-refractivity contribution in [2.75, 3.05) is 46.1 Å². The lowest BCUT2D eigenvalue weighted by Crippen LogP contribution is -2.46. The second-order valence-corrected chi connectivity index (χ2v) is 8.46. The minimum Gasteiger partial charge on any atom is -0.389 e. The van der Waals surface area contributed by atoms with E-state index in [2.05, 4.69) is 12.2 Å². The molecule has 0 bridgehead atoms. The Morgan fingerprint density at radius 1 is 0.917 bits per heavy atom. The van der Waals surface area contributed by atoms with Crippen LogP contribution in [0.5, 0.6) is 0 Å². The molecule has 0 saturated carbocycles. The van der Waals surface area contributed by atoms with Gasteiger partial charge < -0.3 is 28.4 Å². The predicted octanol–water partition coefficient (Wildman–Crippen LogP) is 2.58. The van der Waals surface area contributed by atoms with Gasteiger partial charge in [0.25, 0.3) is 0 Å². The van der Waals surface area contributed by atoms with Crippen molar-refractivity contribution in [2.45, 2.75) is 65.5 Å². The molecule has 0 aliphatic rings. The molecule has 1 unspecified atom stereocenters. The minimum absolute atomic E-state index is 0.395. The Hall–Kier alpha value is -0.0231. The fourth-order valence-corrected chi connectivity index (χ4v) is 5.04. The van der Waals surface area contributed by atoms with Crippen molar-refractivity contribution in [3.8, 4) is 0 Å². The van der Waals surface area contributed by atoms with Crippen LogP contribution in [0.2, 0.25) is 6.04 Å². The van der Waals surface area contributed by atoms with Crippen molar-refractivity contribution in [2.24, 2.45) is 0 Å². The molecule has 0 amide bonds. The summed E-state index contributed by atoms with van der Waals surface area (Å²) in [6.07, 6.45) is 3.87. The van der Waals surface area contributed by atoms with Crippen LogP contribution in [0.25, 0.3) is 0 Å². The molecule has 0 aromatic rings. The molecule has 0 aromatic heterocycles. The van der Waals surface area contributed by atoms with Crippen molar-refractivity contribution in [3.05, 3.63) is 0 Å². The van der Waals surface area contributed by atoms with Gasteiger partial charge in [0.1, 0.15) is 0 Å². The molecule has 0 aromatic carbocycles. The molecule has 7 heteroatoms. The van der Waals surface area contributed by atoms with E-state index in [1.54, 1.807) is 0 Å². The Kier molecular flexibility index (Phi) is 16.4. The maximum Gasteiger partial charge on any atom is 0.500 e. The first-order valence-corrected chi connectivity index (χ1v) is 11.5. The van der Waals surface area contributed by atoms with Crippen molar-refractivity contribution in [3.63, 3.8) is 0 Å². The SMILES string of the molecule is CCCCCOCC(O)CNCCC[Si](OCC)(OCC)OCC. The van der Waals surface area contributed by atoms with Crippen LogP contribution in [0, 0.1) is 0 Å². The Morgan fingerprint density at radius 3 is 2.08 bits per heavy atom. The first-order valence-electron chi connectivity index (χ1n) is 9.52. The molecular formula is C17H39NO5Si. The molecule has 0 radical (unpaired) electrons. The van der Waals surface area contributed by atoms with Crippen LogP contribution in [0.15, 0.2) is 0 Å². The summed E-state index contributed by atoms with van der Waals surface area (Å²) >= 11 is 0. The first kappa shape index (κ1) is 24.0.